The zero-order valence-corrected chi connectivity index (χ0v) is 11.2. The molecule has 0 bridgehead atoms. The van der Waals surface area contributed by atoms with Gasteiger partial charge < -0.3 is 16.2 Å². The topological polar surface area (TPSA) is 105 Å². The van der Waals surface area contributed by atoms with Crippen LogP contribution in [-0.4, -0.2) is 27.5 Å². The summed E-state index contributed by atoms with van der Waals surface area (Å²) in [5.41, 5.74) is 4.92. The van der Waals surface area contributed by atoms with E-state index in [2.05, 4.69) is 10.3 Å². The lowest BCUT2D eigenvalue weighted by molar-refractivity contribution is -0.121. The Bertz CT molecular complexity index is 695. The Hall–Kier alpha value is -2.63. The van der Waals surface area contributed by atoms with Crippen LogP contribution < -0.4 is 11.1 Å². The summed E-state index contributed by atoms with van der Waals surface area (Å²) >= 11 is 0. The van der Waals surface area contributed by atoms with Crippen molar-refractivity contribution in [2.75, 3.05) is 5.32 Å². The molecule has 0 aliphatic carbocycles. The molecule has 0 unspecified atom stereocenters. The number of aromatic carboxylic acids is 1. The van der Waals surface area contributed by atoms with Crippen LogP contribution in [-0.2, 0) is 4.79 Å². The molecule has 2 aromatic rings. The summed E-state index contributed by atoms with van der Waals surface area (Å²) in [6.45, 7) is 3.21. The van der Waals surface area contributed by atoms with E-state index in [1.165, 1.54) is 6.07 Å². The van der Waals surface area contributed by atoms with Crippen LogP contribution in [0.1, 0.15) is 24.2 Å². The minimum absolute atomic E-state index is 0.123. The Morgan fingerprint density at radius 1 is 1.30 bits per heavy atom. The lowest BCUT2D eigenvalue weighted by Gasteiger charge is -2.23. The maximum absolute atomic E-state index is 11.3. The highest BCUT2D eigenvalue weighted by Gasteiger charge is 2.25. The van der Waals surface area contributed by atoms with E-state index in [-0.39, 0.29) is 5.56 Å². The zero-order chi connectivity index (χ0) is 14.9. The fourth-order valence-electron chi connectivity index (χ4n) is 1.80. The molecular weight excluding hydrogens is 258 g/mol. The molecule has 20 heavy (non-hydrogen) atoms. The number of nitrogens with one attached hydrogen (secondary N) is 1. The van der Waals surface area contributed by atoms with Gasteiger partial charge >= 0.3 is 5.97 Å². The Morgan fingerprint density at radius 3 is 2.55 bits per heavy atom. The molecule has 0 atom stereocenters. The first-order valence-corrected chi connectivity index (χ1v) is 6.02. The summed E-state index contributed by atoms with van der Waals surface area (Å²) in [6.07, 6.45) is 0. The first-order chi connectivity index (χ1) is 9.31. The summed E-state index contributed by atoms with van der Waals surface area (Å²) in [5, 5.41) is 12.7. The van der Waals surface area contributed by atoms with E-state index < -0.39 is 17.4 Å². The lowest BCUT2D eigenvalue weighted by atomic mass is 10.0. The molecule has 0 saturated carbocycles. The van der Waals surface area contributed by atoms with Gasteiger partial charge in [-0.25, -0.2) is 9.78 Å². The number of carboxylic acids is 1. The predicted molar refractivity (Wildman–Crippen MR) is 75.6 cm³/mol. The third-order valence-corrected chi connectivity index (χ3v) is 3.00. The Morgan fingerprint density at radius 2 is 1.95 bits per heavy atom. The number of benzene rings is 1. The van der Waals surface area contributed by atoms with Gasteiger partial charge in [-0.2, -0.15) is 0 Å². The molecule has 6 nitrogen and oxygen atoms in total. The van der Waals surface area contributed by atoms with Crippen molar-refractivity contribution in [2.45, 2.75) is 19.4 Å². The van der Waals surface area contributed by atoms with E-state index in [1.54, 1.807) is 38.1 Å². The first-order valence-electron chi connectivity index (χ1n) is 6.02. The molecule has 1 aromatic heterocycles. The Labute approximate surface area is 115 Å². The number of hydrogen-bond acceptors (Lipinski definition) is 4. The highest BCUT2D eigenvalue weighted by Crippen LogP contribution is 2.22. The molecule has 0 aliphatic heterocycles. The highest BCUT2D eigenvalue weighted by atomic mass is 16.4. The summed E-state index contributed by atoms with van der Waals surface area (Å²) in [5.74, 6) is -1.31. The molecule has 2 rings (SSSR count). The van der Waals surface area contributed by atoms with Crippen LogP contribution in [0.5, 0.6) is 0 Å². The second-order valence-corrected chi connectivity index (χ2v) is 4.99. The zero-order valence-electron chi connectivity index (χ0n) is 11.2. The van der Waals surface area contributed by atoms with E-state index >= 15 is 0 Å². The molecule has 0 saturated heterocycles. The fourth-order valence-corrected chi connectivity index (χ4v) is 1.80. The fraction of sp³-hybridized carbons (Fsp3) is 0.214. The van der Waals surface area contributed by atoms with E-state index in [0.717, 1.165) is 0 Å². The number of primary amides is 1. The average Bonchev–Trinajstić information content (AvgIpc) is 2.37. The largest absolute Gasteiger partial charge is 0.478 e. The highest BCUT2D eigenvalue weighted by molar-refractivity contribution is 6.03. The summed E-state index contributed by atoms with van der Waals surface area (Å²) in [6, 6.07) is 8.31. The minimum Gasteiger partial charge on any atom is -0.478 e. The van der Waals surface area contributed by atoms with Gasteiger partial charge in [0.25, 0.3) is 0 Å². The summed E-state index contributed by atoms with van der Waals surface area (Å²) in [4.78, 5) is 26.9. The maximum Gasteiger partial charge on any atom is 0.336 e. The van der Waals surface area contributed by atoms with E-state index in [1.807, 2.05) is 0 Å². The molecule has 6 heteroatoms. The van der Waals surface area contributed by atoms with Gasteiger partial charge in [-0.3, -0.25) is 4.79 Å². The number of pyridine rings is 1. The number of hydrogen-bond donors (Lipinski definition) is 3. The summed E-state index contributed by atoms with van der Waals surface area (Å²) in [7, 11) is 0. The molecule has 4 N–H and O–H groups in total. The van der Waals surface area contributed by atoms with Gasteiger partial charge in [-0.1, -0.05) is 18.2 Å². The molecule has 0 spiro atoms. The quantitative estimate of drug-likeness (QED) is 0.784. The third-order valence-electron chi connectivity index (χ3n) is 3.00. The monoisotopic (exact) mass is 273 g/mol. The molecule has 104 valence electrons. The second-order valence-electron chi connectivity index (χ2n) is 4.99. The van der Waals surface area contributed by atoms with Crippen LogP contribution >= 0.6 is 0 Å². The van der Waals surface area contributed by atoms with Gasteiger partial charge in [-0.05, 0) is 26.0 Å². The average molecular weight is 273 g/mol. The number of nitrogens with two attached hydrogens (primary N) is 1. The van der Waals surface area contributed by atoms with Gasteiger partial charge in [0.15, 0.2) is 0 Å². The number of fused-ring (bicyclic) bond motifs is 1. The van der Waals surface area contributed by atoms with Gasteiger partial charge in [0.2, 0.25) is 5.91 Å². The molecule has 1 aromatic carbocycles. The minimum atomic E-state index is -1.05. The maximum atomic E-state index is 11.3. The van der Waals surface area contributed by atoms with Crippen LogP contribution in [0.25, 0.3) is 10.9 Å². The van der Waals surface area contributed by atoms with Gasteiger partial charge in [0.1, 0.15) is 11.4 Å². The molecule has 0 radical (unpaired) electrons. The third kappa shape index (κ3) is 2.54. The molecule has 0 fully saturated rings. The first kappa shape index (κ1) is 13.8. The van der Waals surface area contributed by atoms with Crippen LogP contribution in [0.3, 0.4) is 0 Å². The Balaban J connectivity index is 2.56. The molecule has 1 heterocycles. The predicted octanol–water partition coefficient (Wildman–Crippen LogP) is 1.61. The molecular formula is C14H15N3O3. The SMILES string of the molecule is CC(C)(Nc1cc(C(=O)O)c2ccccc2n1)C(N)=O. The van der Waals surface area contributed by atoms with Crippen molar-refractivity contribution in [3.05, 3.63) is 35.9 Å². The lowest BCUT2D eigenvalue weighted by Crippen LogP contribution is -2.45. The van der Waals surface area contributed by atoms with E-state index in [4.69, 9.17) is 5.73 Å². The number of rotatable bonds is 4. The van der Waals surface area contributed by atoms with Crippen molar-refractivity contribution in [3.63, 3.8) is 0 Å². The standard InChI is InChI=1S/C14H15N3O3/c1-14(2,13(15)20)17-11-7-9(12(18)19)8-5-3-4-6-10(8)16-11/h3-7H,1-2H3,(H2,15,20)(H,16,17)(H,18,19). The summed E-state index contributed by atoms with van der Waals surface area (Å²) < 4.78 is 0. The number of para-hydroxylation sites is 1. The van der Waals surface area contributed by atoms with Crippen molar-refractivity contribution in [3.8, 4) is 0 Å². The second kappa shape index (κ2) is 4.80. The van der Waals surface area contributed by atoms with E-state index in [9.17, 15) is 14.7 Å². The van der Waals surface area contributed by atoms with Crippen LogP contribution in [0.15, 0.2) is 30.3 Å². The van der Waals surface area contributed by atoms with Crippen LogP contribution in [0.2, 0.25) is 0 Å². The van der Waals surface area contributed by atoms with Crippen molar-refractivity contribution in [2.24, 2.45) is 5.73 Å². The van der Waals surface area contributed by atoms with Gasteiger partial charge in [-0.15, -0.1) is 0 Å². The number of amides is 1. The number of aromatic nitrogens is 1. The van der Waals surface area contributed by atoms with Crippen molar-refractivity contribution in [1.82, 2.24) is 4.98 Å². The smallest absolute Gasteiger partial charge is 0.336 e. The number of carbonyl (C=O) groups is 2. The van der Waals surface area contributed by atoms with Crippen molar-refractivity contribution in [1.29, 1.82) is 0 Å². The van der Waals surface area contributed by atoms with E-state index in [0.29, 0.717) is 16.7 Å². The Kier molecular flexibility index (Phi) is 3.31. The number of nitrogens with zero attached hydrogens (tertiary/aromatic N) is 1. The number of anilines is 1. The number of carboxylic acid groups (broad SMARTS) is 1. The van der Waals surface area contributed by atoms with Crippen molar-refractivity contribution < 1.29 is 14.7 Å². The van der Waals surface area contributed by atoms with Gasteiger partial charge in [0, 0.05) is 5.39 Å². The van der Waals surface area contributed by atoms with Crippen molar-refractivity contribution >= 4 is 28.6 Å². The molecule has 0 aliphatic rings. The normalized spacial score (nSPS) is 11.3. The molecule has 1 amide bonds. The van der Waals surface area contributed by atoms with Crippen LogP contribution in [0, 0.1) is 0 Å². The van der Waals surface area contributed by atoms with Crippen LogP contribution in [0.4, 0.5) is 5.82 Å². The van der Waals surface area contributed by atoms with Gasteiger partial charge in [0.05, 0.1) is 11.1 Å². The number of carbonyl (C=O) groups excluding carboxylic acids is 1.